The number of hydrogen-bond donors (Lipinski definition) is 1. The number of rotatable bonds is 6. The molecule has 0 radical (unpaired) electrons. The topological polar surface area (TPSA) is 54.4 Å². The Bertz CT molecular complexity index is 635. The van der Waals surface area contributed by atoms with Crippen molar-refractivity contribution in [1.29, 1.82) is 0 Å². The molecule has 0 aromatic heterocycles. The van der Waals surface area contributed by atoms with E-state index in [2.05, 4.69) is 0 Å². The Balaban J connectivity index is 2.10. The van der Waals surface area contributed by atoms with Crippen LogP contribution in [0.25, 0.3) is 0 Å². The van der Waals surface area contributed by atoms with Crippen LogP contribution in [0, 0.1) is 0 Å². The fourth-order valence-electron chi connectivity index (χ4n) is 1.71. The molecule has 2 rings (SSSR count). The Morgan fingerprint density at radius 2 is 1.50 bits per heavy atom. The highest BCUT2D eigenvalue weighted by Crippen LogP contribution is 2.28. The van der Waals surface area contributed by atoms with Gasteiger partial charge < -0.3 is 5.11 Å². The highest BCUT2D eigenvalue weighted by Gasteiger charge is 2.13. The van der Waals surface area contributed by atoms with E-state index in [0.29, 0.717) is 4.90 Å². The maximum Gasteiger partial charge on any atom is 0.178 e. The van der Waals surface area contributed by atoms with Crippen molar-refractivity contribution >= 4 is 21.6 Å². The van der Waals surface area contributed by atoms with Gasteiger partial charge in [0.25, 0.3) is 0 Å². The lowest BCUT2D eigenvalue weighted by Gasteiger charge is -2.05. The van der Waals surface area contributed by atoms with Crippen LogP contribution in [-0.4, -0.2) is 25.9 Å². The lowest BCUT2D eigenvalue weighted by molar-refractivity contribution is 0.295. The molecule has 0 aliphatic heterocycles. The summed E-state index contributed by atoms with van der Waals surface area (Å²) in [4.78, 5) is 2.42. The molecule has 0 spiro atoms. The fraction of sp³-hybridized carbons (Fsp3) is 0.200. The number of aliphatic hydroxyl groups is 1. The zero-order valence-corrected chi connectivity index (χ0v) is 12.5. The van der Waals surface area contributed by atoms with E-state index in [1.54, 1.807) is 23.9 Å². The molecule has 0 atom stereocenters. The predicted molar refractivity (Wildman–Crippen MR) is 80.8 cm³/mol. The van der Waals surface area contributed by atoms with Gasteiger partial charge in [0, 0.05) is 16.4 Å². The second-order valence-corrected chi connectivity index (χ2v) is 7.54. The van der Waals surface area contributed by atoms with E-state index < -0.39 is 9.84 Å². The molecule has 0 saturated heterocycles. The van der Waals surface area contributed by atoms with Crippen LogP contribution in [0.4, 0.5) is 0 Å². The molecule has 2 aromatic rings. The molecule has 1 N–H and O–H groups in total. The van der Waals surface area contributed by atoms with Crippen molar-refractivity contribution in [2.24, 2.45) is 0 Å². The molecule has 0 amide bonds. The Hall–Kier alpha value is -1.30. The number of sulfone groups is 1. The van der Waals surface area contributed by atoms with Crippen molar-refractivity contribution in [3.05, 3.63) is 54.6 Å². The van der Waals surface area contributed by atoms with E-state index in [1.165, 1.54) is 0 Å². The number of benzene rings is 2. The summed E-state index contributed by atoms with van der Waals surface area (Å²) in [6, 6.07) is 16.8. The zero-order chi connectivity index (χ0) is 14.4. The third-order valence-corrected chi connectivity index (χ3v) is 5.57. The van der Waals surface area contributed by atoms with Gasteiger partial charge in [-0.25, -0.2) is 8.42 Å². The first-order valence-electron chi connectivity index (χ1n) is 6.28. The van der Waals surface area contributed by atoms with Gasteiger partial charge in [-0.1, -0.05) is 30.0 Å². The summed E-state index contributed by atoms with van der Waals surface area (Å²) in [5, 5.41) is 8.72. The van der Waals surface area contributed by atoms with Crippen molar-refractivity contribution in [3.8, 4) is 0 Å². The van der Waals surface area contributed by atoms with Crippen LogP contribution in [0.1, 0.15) is 6.42 Å². The van der Waals surface area contributed by atoms with Gasteiger partial charge in [0.2, 0.25) is 0 Å². The summed E-state index contributed by atoms with van der Waals surface area (Å²) in [7, 11) is -3.28. The second kappa shape index (κ2) is 6.92. The molecule has 106 valence electrons. The zero-order valence-electron chi connectivity index (χ0n) is 10.9. The SMILES string of the molecule is O=S(=O)(CCCO)c1ccc(Sc2ccccc2)cc1. The standard InChI is InChI=1S/C15H16O3S2/c16-11-4-12-20(17,18)15-9-7-14(8-10-15)19-13-5-2-1-3-6-13/h1-3,5-10,16H,4,11-12H2. The summed E-state index contributed by atoms with van der Waals surface area (Å²) >= 11 is 1.59. The molecule has 0 heterocycles. The van der Waals surface area contributed by atoms with Crippen molar-refractivity contribution < 1.29 is 13.5 Å². The van der Waals surface area contributed by atoms with E-state index in [1.807, 2.05) is 42.5 Å². The first-order chi connectivity index (χ1) is 9.62. The first kappa shape index (κ1) is 15.1. The minimum atomic E-state index is -3.28. The highest BCUT2D eigenvalue weighted by atomic mass is 32.2. The van der Waals surface area contributed by atoms with Gasteiger partial charge in [0.05, 0.1) is 10.6 Å². The fourth-order valence-corrected chi connectivity index (χ4v) is 3.85. The van der Waals surface area contributed by atoms with Gasteiger partial charge in [-0.15, -0.1) is 0 Å². The van der Waals surface area contributed by atoms with Crippen LogP contribution in [0.15, 0.2) is 69.3 Å². The summed E-state index contributed by atoms with van der Waals surface area (Å²) in [6.07, 6.45) is 0.267. The van der Waals surface area contributed by atoms with Crippen molar-refractivity contribution in [2.45, 2.75) is 21.1 Å². The molecular weight excluding hydrogens is 292 g/mol. The summed E-state index contributed by atoms with van der Waals surface area (Å²) < 4.78 is 23.9. The highest BCUT2D eigenvalue weighted by molar-refractivity contribution is 7.99. The van der Waals surface area contributed by atoms with Gasteiger partial charge in [0.15, 0.2) is 9.84 Å². The average Bonchev–Trinajstić information content (AvgIpc) is 2.47. The molecule has 0 aliphatic rings. The van der Waals surface area contributed by atoms with E-state index in [9.17, 15) is 8.42 Å². The van der Waals surface area contributed by atoms with Crippen molar-refractivity contribution in [2.75, 3.05) is 12.4 Å². The van der Waals surface area contributed by atoms with Crippen LogP contribution in [-0.2, 0) is 9.84 Å². The minimum absolute atomic E-state index is 0.0192. The van der Waals surface area contributed by atoms with Gasteiger partial charge >= 0.3 is 0 Å². The molecule has 0 unspecified atom stereocenters. The third-order valence-electron chi connectivity index (χ3n) is 2.73. The van der Waals surface area contributed by atoms with Gasteiger partial charge in [-0.3, -0.25) is 0 Å². The summed E-state index contributed by atoms with van der Waals surface area (Å²) in [5.41, 5.74) is 0. The molecule has 2 aromatic carbocycles. The average molecular weight is 308 g/mol. The largest absolute Gasteiger partial charge is 0.396 e. The Morgan fingerprint density at radius 1 is 0.900 bits per heavy atom. The molecule has 5 heteroatoms. The van der Waals surface area contributed by atoms with Crippen LogP contribution in [0.2, 0.25) is 0 Å². The van der Waals surface area contributed by atoms with Gasteiger partial charge in [-0.2, -0.15) is 0 Å². The normalized spacial score (nSPS) is 11.4. The Morgan fingerprint density at radius 3 is 2.10 bits per heavy atom. The number of aliphatic hydroxyl groups excluding tert-OH is 1. The van der Waals surface area contributed by atoms with E-state index in [-0.39, 0.29) is 18.8 Å². The Kier molecular flexibility index (Phi) is 5.23. The third kappa shape index (κ3) is 4.10. The lowest BCUT2D eigenvalue weighted by Crippen LogP contribution is -2.08. The minimum Gasteiger partial charge on any atom is -0.396 e. The summed E-state index contributed by atoms with van der Waals surface area (Å²) in [6.45, 7) is -0.110. The molecule has 0 saturated carbocycles. The van der Waals surface area contributed by atoms with Crippen molar-refractivity contribution in [3.63, 3.8) is 0 Å². The van der Waals surface area contributed by atoms with Gasteiger partial charge in [-0.05, 0) is 42.8 Å². The van der Waals surface area contributed by atoms with Crippen LogP contribution in [0.3, 0.4) is 0 Å². The molecule has 0 bridgehead atoms. The smallest absolute Gasteiger partial charge is 0.178 e. The Labute approximate surface area is 123 Å². The lowest BCUT2D eigenvalue weighted by atomic mass is 10.4. The quantitative estimate of drug-likeness (QED) is 0.891. The first-order valence-corrected chi connectivity index (χ1v) is 8.75. The molecular formula is C15H16O3S2. The van der Waals surface area contributed by atoms with Gasteiger partial charge in [0.1, 0.15) is 0 Å². The molecule has 0 aliphatic carbocycles. The molecule has 0 fully saturated rings. The van der Waals surface area contributed by atoms with E-state index >= 15 is 0 Å². The maximum atomic E-state index is 11.9. The second-order valence-electron chi connectivity index (χ2n) is 4.28. The monoisotopic (exact) mass is 308 g/mol. The van der Waals surface area contributed by atoms with E-state index in [4.69, 9.17) is 5.11 Å². The van der Waals surface area contributed by atoms with Crippen LogP contribution >= 0.6 is 11.8 Å². The van der Waals surface area contributed by atoms with E-state index in [0.717, 1.165) is 9.79 Å². The molecule has 20 heavy (non-hydrogen) atoms. The summed E-state index contributed by atoms with van der Waals surface area (Å²) in [5.74, 6) is -0.0192. The van der Waals surface area contributed by atoms with Crippen LogP contribution < -0.4 is 0 Å². The van der Waals surface area contributed by atoms with Crippen LogP contribution in [0.5, 0.6) is 0 Å². The van der Waals surface area contributed by atoms with Crippen molar-refractivity contribution in [1.82, 2.24) is 0 Å². The predicted octanol–water partition coefficient (Wildman–Crippen LogP) is 2.99. The molecule has 3 nitrogen and oxygen atoms in total. The number of hydrogen-bond acceptors (Lipinski definition) is 4. The maximum absolute atomic E-state index is 11.9.